The smallest absolute Gasteiger partial charge is 0.241 e. The standard InChI is InChI=1S/C44H35BN2S.2C2H6/c1-30-15-9-11-21-37(30)45(32-16-5-3-6-17-32)38-27-25-34(29-31(38)2)47-40-23-13-14-24-41(40)48-42-28-26-36-35-20-10-12-22-39(35)46(43(36)44(42)47)33-18-7-4-8-19-33;2*1-2/h3-9,11,13-29H,10,12H2,1-2H3;2*1-2H3. The molecule has 52 heavy (non-hydrogen) atoms. The Morgan fingerprint density at radius 1 is 0.558 bits per heavy atom. The van der Waals surface area contributed by atoms with Crippen LogP contribution in [0.3, 0.4) is 0 Å². The van der Waals surface area contributed by atoms with E-state index in [0.717, 1.165) is 12.8 Å². The molecule has 6 aromatic carbocycles. The Balaban J connectivity index is 0.00000102. The first-order chi connectivity index (χ1) is 25.7. The summed E-state index contributed by atoms with van der Waals surface area (Å²) >= 11 is 1.88. The van der Waals surface area contributed by atoms with Gasteiger partial charge in [-0.15, -0.1) is 0 Å². The van der Waals surface area contributed by atoms with E-state index in [1.54, 1.807) is 0 Å². The monoisotopic (exact) mass is 694 g/mol. The van der Waals surface area contributed by atoms with Crippen LogP contribution in [-0.4, -0.2) is 11.3 Å². The van der Waals surface area contributed by atoms with E-state index in [0.29, 0.717) is 0 Å². The largest absolute Gasteiger partial charge is 0.308 e. The Morgan fingerprint density at radius 2 is 1.21 bits per heavy atom. The van der Waals surface area contributed by atoms with Crippen molar-refractivity contribution in [1.29, 1.82) is 0 Å². The van der Waals surface area contributed by atoms with Gasteiger partial charge in [-0.3, -0.25) is 0 Å². The first kappa shape index (κ1) is 35.2. The molecule has 7 aromatic rings. The fraction of sp³-hybridized carbons (Fsp3) is 0.167. The number of hydrogen-bond donors (Lipinski definition) is 0. The minimum atomic E-state index is 0.151. The minimum Gasteiger partial charge on any atom is -0.308 e. The van der Waals surface area contributed by atoms with Crippen LogP contribution in [0.5, 0.6) is 0 Å². The topological polar surface area (TPSA) is 8.17 Å². The lowest BCUT2D eigenvalue weighted by Gasteiger charge is -2.34. The van der Waals surface area contributed by atoms with Gasteiger partial charge in [-0.1, -0.05) is 176 Å². The third-order valence-electron chi connectivity index (χ3n) is 10.0. The van der Waals surface area contributed by atoms with Gasteiger partial charge >= 0.3 is 0 Å². The van der Waals surface area contributed by atoms with Crippen molar-refractivity contribution >= 4 is 75.0 Å². The SMILES string of the molecule is CC.CC.Cc1ccccc1B(c1ccccc1)c1ccc(N2c3ccccc3Sc3ccc4c5c(n(-c6ccccc6)c4c32)=CCCC=5)cc1C. The molecule has 0 unspecified atom stereocenters. The molecule has 0 radical (unpaired) electrons. The molecule has 0 N–H and O–H groups in total. The molecule has 2 aliphatic rings. The van der Waals surface area contributed by atoms with Crippen molar-refractivity contribution in [2.24, 2.45) is 0 Å². The predicted molar refractivity (Wildman–Crippen MR) is 229 cm³/mol. The average molecular weight is 695 g/mol. The second-order valence-corrected chi connectivity index (χ2v) is 14.0. The van der Waals surface area contributed by atoms with Gasteiger partial charge in [0.15, 0.2) is 0 Å². The summed E-state index contributed by atoms with van der Waals surface area (Å²) in [5.41, 5.74) is 12.7. The number of anilines is 3. The van der Waals surface area contributed by atoms with Crippen molar-refractivity contribution in [3.63, 3.8) is 0 Å². The number of hydrogen-bond acceptors (Lipinski definition) is 2. The van der Waals surface area contributed by atoms with Crippen LogP contribution >= 0.6 is 11.8 Å². The molecular formula is C48H47BN2S. The molecule has 0 atom stereocenters. The first-order valence-electron chi connectivity index (χ1n) is 18.9. The maximum absolute atomic E-state index is 2.52. The predicted octanol–water partition coefficient (Wildman–Crippen LogP) is 10.1. The van der Waals surface area contributed by atoms with E-state index in [2.05, 4.69) is 175 Å². The molecule has 1 aliphatic heterocycles. The summed E-state index contributed by atoms with van der Waals surface area (Å²) < 4.78 is 2.51. The van der Waals surface area contributed by atoms with Crippen LogP contribution in [0.4, 0.5) is 17.1 Å². The second kappa shape index (κ2) is 15.6. The lowest BCUT2D eigenvalue weighted by molar-refractivity contribution is 1.02. The van der Waals surface area contributed by atoms with Crippen molar-refractivity contribution in [2.75, 3.05) is 4.90 Å². The van der Waals surface area contributed by atoms with Crippen molar-refractivity contribution in [3.8, 4) is 5.69 Å². The summed E-state index contributed by atoms with van der Waals surface area (Å²) in [5, 5.41) is 3.96. The number of para-hydroxylation sites is 2. The molecule has 0 amide bonds. The van der Waals surface area contributed by atoms with E-state index in [9.17, 15) is 0 Å². The molecule has 258 valence electrons. The van der Waals surface area contributed by atoms with Crippen molar-refractivity contribution in [3.05, 3.63) is 161 Å². The molecule has 0 saturated heterocycles. The molecule has 1 aromatic heterocycles. The number of rotatable bonds is 5. The van der Waals surface area contributed by atoms with E-state index in [-0.39, 0.29) is 6.71 Å². The lowest BCUT2D eigenvalue weighted by atomic mass is 9.35. The zero-order valence-electron chi connectivity index (χ0n) is 31.2. The summed E-state index contributed by atoms with van der Waals surface area (Å²) in [5.74, 6) is 0. The van der Waals surface area contributed by atoms with E-state index in [4.69, 9.17) is 0 Å². The summed E-state index contributed by atoms with van der Waals surface area (Å²) in [6.45, 7) is 12.7. The first-order valence-corrected chi connectivity index (χ1v) is 19.7. The summed E-state index contributed by atoms with van der Waals surface area (Å²) in [6, 6.07) is 51.4. The highest BCUT2D eigenvalue weighted by atomic mass is 32.2. The Hall–Kier alpha value is -5.19. The summed E-state index contributed by atoms with van der Waals surface area (Å²) in [7, 11) is 0. The lowest BCUT2D eigenvalue weighted by Crippen LogP contribution is -2.53. The van der Waals surface area contributed by atoms with E-state index < -0.39 is 0 Å². The van der Waals surface area contributed by atoms with Gasteiger partial charge in [-0.25, -0.2) is 0 Å². The molecule has 0 spiro atoms. The molecule has 0 fully saturated rings. The van der Waals surface area contributed by atoms with Gasteiger partial charge in [-0.2, -0.15) is 0 Å². The normalized spacial score (nSPS) is 12.5. The minimum absolute atomic E-state index is 0.151. The van der Waals surface area contributed by atoms with Crippen LogP contribution in [-0.2, 0) is 0 Å². The van der Waals surface area contributed by atoms with Crippen LogP contribution in [0.25, 0.3) is 28.7 Å². The molecule has 2 nitrogen and oxygen atoms in total. The molecule has 0 bridgehead atoms. The zero-order chi connectivity index (χ0) is 36.2. The maximum Gasteiger partial charge on any atom is 0.241 e. The van der Waals surface area contributed by atoms with E-state index >= 15 is 0 Å². The van der Waals surface area contributed by atoms with Crippen LogP contribution in [0.15, 0.2) is 149 Å². The molecular weight excluding hydrogens is 647 g/mol. The maximum atomic E-state index is 2.52. The van der Waals surface area contributed by atoms with Crippen molar-refractivity contribution in [2.45, 2.75) is 64.2 Å². The molecule has 4 heteroatoms. The fourth-order valence-electron chi connectivity index (χ4n) is 7.83. The van der Waals surface area contributed by atoms with Gasteiger partial charge in [-0.05, 0) is 69.2 Å². The third kappa shape index (κ3) is 6.20. The van der Waals surface area contributed by atoms with Gasteiger partial charge in [0.1, 0.15) is 0 Å². The van der Waals surface area contributed by atoms with E-state index in [1.807, 2.05) is 39.5 Å². The van der Waals surface area contributed by atoms with Crippen LogP contribution in [0.2, 0.25) is 0 Å². The van der Waals surface area contributed by atoms with Crippen molar-refractivity contribution in [1.82, 2.24) is 4.57 Å². The van der Waals surface area contributed by atoms with Crippen molar-refractivity contribution < 1.29 is 0 Å². The van der Waals surface area contributed by atoms with Crippen LogP contribution in [0.1, 0.15) is 51.7 Å². The third-order valence-corrected chi connectivity index (χ3v) is 11.1. The molecule has 2 heterocycles. The molecule has 1 aliphatic carbocycles. The zero-order valence-corrected chi connectivity index (χ0v) is 32.0. The number of aromatic nitrogens is 1. The quantitative estimate of drug-likeness (QED) is 0.166. The highest BCUT2D eigenvalue weighted by molar-refractivity contribution is 7.99. The van der Waals surface area contributed by atoms with Gasteiger partial charge in [0, 0.05) is 37.1 Å². The molecule has 0 saturated carbocycles. The second-order valence-electron chi connectivity index (χ2n) is 12.9. The molecule has 9 rings (SSSR count). The Bertz CT molecular complexity index is 2470. The van der Waals surface area contributed by atoms with Gasteiger partial charge < -0.3 is 9.47 Å². The number of benzene rings is 6. The van der Waals surface area contributed by atoms with E-state index in [1.165, 1.54) is 81.5 Å². The highest BCUT2D eigenvalue weighted by Crippen LogP contribution is 2.53. The van der Waals surface area contributed by atoms with Gasteiger partial charge in [0.05, 0.1) is 16.9 Å². The Labute approximate surface area is 314 Å². The Kier molecular flexibility index (Phi) is 10.6. The average Bonchev–Trinajstić information content (AvgIpc) is 3.55. The number of nitrogens with zero attached hydrogens (tertiary/aromatic N) is 2. The Morgan fingerprint density at radius 3 is 1.96 bits per heavy atom. The number of aryl methyl sites for hydroxylation is 2. The van der Waals surface area contributed by atoms with Crippen LogP contribution < -0.4 is 31.9 Å². The highest BCUT2D eigenvalue weighted by Gasteiger charge is 2.31. The van der Waals surface area contributed by atoms with Crippen LogP contribution in [0, 0.1) is 13.8 Å². The van der Waals surface area contributed by atoms with Gasteiger partial charge in [0.2, 0.25) is 6.71 Å². The summed E-state index contributed by atoms with van der Waals surface area (Å²) in [4.78, 5) is 5.07. The number of fused-ring (bicyclic) bond motifs is 6. The van der Waals surface area contributed by atoms with Gasteiger partial charge in [0.25, 0.3) is 0 Å². The fourth-order valence-corrected chi connectivity index (χ4v) is 8.90. The summed E-state index contributed by atoms with van der Waals surface area (Å²) in [6.07, 6.45) is 7.00.